The predicted octanol–water partition coefficient (Wildman–Crippen LogP) is 3.66. The number of rotatable bonds is 7. The molecule has 180 valence electrons. The minimum Gasteiger partial charge on any atom is -0.497 e. The molecule has 0 N–H and O–H groups in total. The maximum absolute atomic E-state index is 13.7. The summed E-state index contributed by atoms with van der Waals surface area (Å²) >= 11 is 0. The smallest absolute Gasteiger partial charge is 0.244 e. The lowest BCUT2D eigenvalue weighted by molar-refractivity contribution is -0.132. The molecule has 1 aliphatic heterocycles. The fraction of sp³-hybridized carbons (Fsp3) is 0.440. The van der Waals surface area contributed by atoms with Crippen LogP contribution in [-0.2, 0) is 11.3 Å². The molecule has 4 rings (SSSR count). The molecule has 0 bridgehead atoms. The molecule has 1 atom stereocenters. The number of hydrogen-bond acceptors (Lipinski definition) is 6. The van der Waals surface area contributed by atoms with Crippen molar-refractivity contribution in [2.24, 2.45) is 0 Å². The highest BCUT2D eigenvalue weighted by Crippen LogP contribution is 2.24. The van der Waals surface area contributed by atoms with Gasteiger partial charge in [0.15, 0.2) is 5.82 Å². The number of piperazine rings is 1. The van der Waals surface area contributed by atoms with Crippen molar-refractivity contribution in [1.29, 1.82) is 0 Å². The number of aryl methyl sites for hydroxylation is 1. The molecule has 34 heavy (non-hydrogen) atoms. The van der Waals surface area contributed by atoms with Crippen LogP contribution in [0.3, 0.4) is 0 Å². The largest absolute Gasteiger partial charge is 0.497 e. The Kier molecular flexibility index (Phi) is 7.09. The van der Waals surface area contributed by atoms with Crippen molar-refractivity contribution in [1.82, 2.24) is 24.6 Å². The van der Waals surface area contributed by atoms with Crippen molar-refractivity contribution in [2.45, 2.75) is 39.7 Å². The zero-order valence-electron chi connectivity index (χ0n) is 20.2. The van der Waals surface area contributed by atoms with E-state index in [4.69, 9.17) is 9.72 Å². The van der Waals surface area contributed by atoms with Crippen LogP contribution in [0, 0.1) is 12.7 Å². The van der Waals surface area contributed by atoms with E-state index in [1.165, 1.54) is 6.07 Å². The second kappa shape index (κ2) is 10.2. The van der Waals surface area contributed by atoms with E-state index in [0.717, 1.165) is 29.4 Å². The van der Waals surface area contributed by atoms with Crippen LogP contribution < -0.4 is 9.64 Å². The molecule has 8 nitrogen and oxygen atoms in total. The number of amides is 1. The maximum Gasteiger partial charge on any atom is 0.244 e. The predicted molar refractivity (Wildman–Crippen MR) is 128 cm³/mol. The molecule has 1 amide bonds. The highest BCUT2D eigenvalue weighted by molar-refractivity contribution is 5.76. The Labute approximate surface area is 199 Å². The average molecular weight is 467 g/mol. The Bertz CT molecular complexity index is 1160. The summed E-state index contributed by atoms with van der Waals surface area (Å²) in [6, 6.07) is 8.57. The lowest BCUT2D eigenvalue weighted by Crippen LogP contribution is -2.50. The van der Waals surface area contributed by atoms with Gasteiger partial charge in [-0.1, -0.05) is 13.8 Å². The van der Waals surface area contributed by atoms with Gasteiger partial charge in [0.2, 0.25) is 5.91 Å². The quantitative estimate of drug-likeness (QED) is 0.529. The zero-order valence-corrected chi connectivity index (χ0v) is 20.2. The molecule has 1 fully saturated rings. The molecule has 0 spiro atoms. The Morgan fingerprint density at radius 2 is 1.94 bits per heavy atom. The standard InChI is InChI=1S/C25H31FN6O2/c1-5-17(2)25-28-24(19-6-7-21(26)18(3)14-19)29-32(25)16-23(33)31-12-10-30(11-13-31)22-15-20(34-4)8-9-27-22/h6-9,14-15,17H,5,10-13,16H2,1-4H3. The first-order valence-corrected chi connectivity index (χ1v) is 11.6. The summed E-state index contributed by atoms with van der Waals surface area (Å²) in [5.74, 6) is 2.79. The summed E-state index contributed by atoms with van der Waals surface area (Å²) in [5.41, 5.74) is 1.28. The SMILES string of the molecule is CCC(C)c1nc(-c2ccc(F)c(C)c2)nn1CC(=O)N1CCN(c2cc(OC)ccn2)CC1. The Morgan fingerprint density at radius 1 is 1.18 bits per heavy atom. The number of carbonyl (C=O) groups excluding carboxylic acids is 1. The van der Waals surface area contributed by atoms with E-state index in [-0.39, 0.29) is 24.2 Å². The van der Waals surface area contributed by atoms with E-state index < -0.39 is 0 Å². The number of carbonyl (C=O) groups is 1. The summed E-state index contributed by atoms with van der Waals surface area (Å²) in [7, 11) is 1.64. The van der Waals surface area contributed by atoms with Crippen molar-refractivity contribution in [3.8, 4) is 17.1 Å². The normalized spacial score (nSPS) is 14.9. The van der Waals surface area contributed by atoms with Gasteiger partial charge in [-0.15, -0.1) is 0 Å². The Hall–Kier alpha value is -3.49. The van der Waals surface area contributed by atoms with Crippen molar-refractivity contribution < 1.29 is 13.9 Å². The Balaban J connectivity index is 1.47. The van der Waals surface area contributed by atoms with Crippen LogP contribution in [0.2, 0.25) is 0 Å². The van der Waals surface area contributed by atoms with Gasteiger partial charge in [-0.25, -0.2) is 19.0 Å². The topological polar surface area (TPSA) is 76.4 Å². The van der Waals surface area contributed by atoms with Crippen LogP contribution in [0.25, 0.3) is 11.4 Å². The summed E-state index contributed by atoms with van der Waals surface area (Å²) in [4.78, 5) is 26.3. The third-order valence-corrected chi connectivity index (χ3v) is 6.36. The van der Waals surface area contributed by atoms with Gasteiger partial charge in [-0.05, 0) is 43.2 Å². The molecule has 3 heterocycles. The first-order valence-electron chi connectivity index (χ1n) is 11.6. The minimum atomic E-state index is -0.260. The molecule has 1 aliphatic rings. The Morgan fingerprint density at radius 3 is 2.62 bits per heavy atom. The molecule has 1 aromatic carbocycles. The van der Waals surface area contributed by atoms with Gasteiger partial charge in [0, 0.05) is 49.9 Å². The molecule has 0 radical (unpaired) electrons. The lowest BCUT2D eigenvalue weighted by Gasteiger charge is -2.35. The first kappa shape index (κ1) is 23.7. The third-order valence-electron chi connectivity index (χ3n) is 6.36. The molecule has 9 heteroatoms. The first-order chi connectivity index (χ1) is 16.4. The van der Waals surface area contributed by atoms with E-state index in [0.29, 0.717) is 37.6 Å². The summed E-state index contributed by atoms with van der Waals surface area (Å²) < 4.78 is 20.7. The number of aromatic nitrogens is 4. The minimum absolute atomic E-state index is 0.00883. The highest BCUT2D eigenvalue weighted by Gasteiger charge is 2.25. The second-order valence-electron chi connectivity index (χ2n) is 8.65. The molecule has 0 saturated carbocycles. The van der Waals surface area contributed by atoms with Crippen LogP contribution >= 0.6 is 0 Å². The monoisotopic (exact) mass is 466 g/mol. The van der Waals surface area contributed by atoms with Crippen LogP contribution in [0.5, 0.6) is 5.75 Å². The average Bonchev–Trinajstić information content (AvgIpc) is 3.29. The van der Waals surface area contributed by atoms with Crippen molar-refractivity contribution in [3.05, 3.63) is 53.7 Å². The molecular formula is C25H31FN6O2. The van der Waals surface area contributed by atoms with Crippen molar-refractivity contribution in [2.75, 3.05) is 38.2 Å². The van der Waals surface area contributed by atoms with E-state index in [2.05, 4.69) is 28.8 Å². The number of anilines is 1. The van der Waals surface area contributed by atoms with Gasteiger partial charge in [0.25, 0.3) is 0 Å². The molecular weight excluding hydrogens is 435 g/mol. The maximum atomic E-state index is 13.7. The number of nitrogens with zero attached hydrogens (tertiary/aromatic N) is 6. The molecule has 1 saturated heterocycles. The summed E-state index contributed by atoms with van der Waals surface area (Å²) in [6.45, 7) is 8.61. The van der Waals surface area contributed by atoms with Crippen LogP contribution in [0.15, 0.2) is 36.5 Å². The molecule has 3 aromatic rings. The van der Waals surface area contributed by atoms with Gasteiger partial charge >= 0.3 is 0 Å². The van der Waals surface area contributed by atoms with Crippen LogP contribution in [0.4, 0.5) is 10.2 Å². The number of halogens is 1. The fourth-order valence-electron chi connectivity index (χ4n) is 4.04. The van der Waals surface area contributed by atoms with Gasteiger partial charge < -0.3 is 14.5 Å². The zero-order chi connectivity index (χ0) is 24.2. The number of methoxy groups -OCH3 is 1. The molecule has 1 unspecified atom stereocenters. The molecule has 0 aliphatic carbocycles. The van der Waals surface area contributed by atoms with Crippen molar-refractivity contribution in [3.63, 3.8) is 0 Å². The number of hydrogen-bond donors (Lipinski definition) is 0. The fourth-order valence-corrected chi connectivity index (χ4v) is 4.04. The van der Waals surface area contributed by atoms with Crippen LogP contribution in [0.1, 0.15) is 37.6 Å². The van der Waals surface area contributed by atoms with E-state index in [1.54, 1.807) is 37.0 Å². The summed E-state index contributed by atoms with van der Waals surface area (Å²) in [6.07, 6.45) is 2.61. The van der Waals surface area contributed by atoms with Gasteiger partial charge in [-0.2, -0.15) is 5.10 Å². The van der Waals surface area contributed by atoms with Gasteiger partial charge in [-0.3, -0.25) is 4.79 Å². The van der Waals surface area contributed by atoms with E-state index >= 15 is 0 Å². The van der Waals surface area contributed by atoms with E-state index in [9.17, 15) is 9.18 Å². The second-order valence-corrected chi connectivity index (χ2v) is 8.65. The van der Waals surface area contributed by atoms with Gasteiger partial charge in [0.1, 0.15) is 29.8 Å². The van der Waals surface area contributed by atoms with Crippen molar-refractivity contribution >= 4 is 11.7 Å². The highest BCUT2D eigenvalue weighted by atomic mass is 19.1. The summed E-state index contributed by atoms with van der Waals surface area (Å²) in [5, 5.41) is 4.64. The van der Waals surface area contributed by atoms with Crippen LogP contribution in [-0.4, -0.2) is 63.8 Å². The third kappa shape index (κ3) is 5.03. The number of ether oxygens (including phenoxy) is 1. The van der Waals surface area contributed by atoms with E-state index in [1.807, 2.05) is 17.0 Å². The van der Waals surface area contributed by atoms with Gasteiger partial charge in [0.05, 0.1) is 7.11 Å². The lowest BCUT2D eigenvalue weighted by atomic mass is 10.1. The molecule has 2 aromatic heterocycles. The number of pyridine rings is 1. The number of benzene rings is 1.